The first kappa shape index (κ1) is 14.9. The molecule has 0 aliphatic carbocycles. The zero-order chi connectivity index (χ0) is 16.7. The molecule has 0 atom stereocenters. The summed E-state index contributed by atoms with van der Waals surface area (Å²) in [6, 6.07) is 9.09. The summed E-state index contributed by atoms with van der Waals surface area (Å²) < 4.78 is 32.8. The maximum Gasteiger partial charge on any atom is 0.265 e. The zero-order valence-corrected chi connectivity index (χ0v) is 13.9. The number of H-pyrrole nitrogens is 1. The maximum absolute atomic E-state index is 12.9. The molecule has 0 radical (unpaired) electrons. The van der Waals surface area contributed by atoms with Crippen molar-refractivity contribution in [3.63, 3.8) is 0 Å². The van der Waals surface area contributed by atoms with E-state index in [0.29, 0.717) is 24.6 Å². The van der Waals surface area contributed by atoms with Gasteiger partial charge in [-0.15, -0.1) is 10.2 Å². The highest BCUT2D eigenvalue weighted by Crippen LogP contribution is 2.33. The van der Waals surface area contributed by atoms with Gasteiger partial charge < -0.3 is 9.40 Å². The molecule has 1 aromatic carbocycles. The smallest absolute Gasteiger partial charge is 0.265 e. The second-order valence-electron chi connectivity index (χ2n) is 5.56. The van der Waals surface area contributed by atoms with E-state index in [1.54, 1.807) is 0 Å². The summed E-state index contributed by atoms with van der Waals surface area (Å²) in [5, 5.41) is 7.82. The van der Waals surface area contributed by atoms with Crippen molar-refractivity contribution < 1.29 is 12.8 Å². The number of rotatable bonds is 4. The van der Waals surface area contributed by atoms with Crippen LogP contribution in [0.3, 0.4) is 0 Å². The van der Waals surface area contributed by atoms with Crippen LogP contribution in [0, 0.1) is 0 Å². The minimum Gasteiger partial charge on any atom is -0.419 e. The van der Waals surface area contributed by atoms with Crippen molar-refractivity contribution in [2.75, 3.05) is 10.8 Å². The van der Waals surface area contributed by atoms with E-state index in [1.165, 1.54) is 16.6 Å². The third-order valence-electron chi connectivity index (χ3n) is 4.09. The molecule has 8 heteroatoms. The van der Waals surface area contributed by atoms with Crippen molar-refractivity contribution >= 4 is 15.7 Å². The predicted octanol–water partition coefficient (Wildman–Crippen LogP) is 2.38. The number of aromatic amines is 1. The molecule has 124 valence electrons. The van der Waals surface area contributed by atoms with E-state index in [0.717, 1.165) is 17.7 Å². The van der Waals surface area contributed by atoms with Gasteiger partial charge in [-0.1, -0.05) is 25.1 Å². The van der Waals surface area contributed by atoms with Gasteiger partial charge in [0, 0.05) is 19.2 Å². The van der Waals surface area contributed by atoms with Gasteiger partial charge in [0.2, 0.25) is 5.89 Å². The lowest BCUT2D eigenvalue weighted by molar-refractivity contribution is 0.511. The van der Waals surface area contributed by atoms with Crippen LogP contribution < -0.4 is 4.31 Å². The summed E-state index contributed by atoms with van der Waals surface area (Å²) in [7, 11) is -3.63. The van der Waals surface area contributed by atoms with Gasteiger partial charge in [-0.25, -0.2) is 8.42 Å². The molecule has 1 N–H and O–H groups in total. The molecule has 24 heavy (non-hydrogen) atoms. The minimum atomic E-state index is -3.63. The second-order valence-corrected chi connectivity index (χ2v) is 7.42. The minimum absolute atomic E-state index is 0.186. The first-order valence-corrected chi connectivity index (χ1v) is 9.15. The maximum atomic E-state index is 12.9. The van der Waals surface area contributed by atoms with E-state index in [1.807, 2.05) is 31.2 Å². The van der Waals surface area contributed by atoms with Crippen LogP contribution in [0.25, 0.3) is 11.6 Å². The lowest BCUT2D eigenvalue weighted by Gasteiger charge is -2.18. The Balaban J connectivity index is 1.69. The number of sulfonamides is 1. The number of hydrogen-bond donors (Lipinski definition) is 1. The van der Waals surface area contributed by atoms with E-state index in [2.05, 4.69) is 15.2 Å². The molecule has 3 aromatic rings. The van der Waals surface area contributed by atoms with Crippen LogP contribution in [-0.4, -0.2) is 30.1 Å². The Kier molecular flexibility index (Phi) is 3.42. The number of nitrogens with zero attached hydrogens (tertiary/aromatic N) is 3. The van der Waals surface area contributed by atoms with Crippen molar-refractivity contribution in [1.29, 1.82) is 0 Å². The molecule has 0 saturated carbocycles. The van der Waals surface area contributed by atoms with Gasteiger partial charge in [0.1, 0.15) is 10.6 Å². The van der Waals surface area contributed by atoms with Gasteiger partial charge in [0.25, 0.3) is 15.9 Å². The average molecular weight is 344 g/mol. The van der Waals surface area contributed by atoms with Crippen molar-refractivity contribution in [1.82, 2.24) is 15.2 Å². The molecule has 3 heterocycles. The van der Waals surface area contributed by atoms with Crippen molar-refractivity contribution in [2.24, 2.45) is 0 Å². The van der Waals surface area contributed by atoms with Gasteiger partial charge >= 0.3 is 0 Å². The van der Waals surface area contributed by atoms with Crippen LogP contribution in [0.15, 0.2) is 45.8 Å². The fourth-order valence-electron chi connectivity index (χ4n) is 2.84. The number of fused-ring (bicyclic) bond motifs is 1. The summed E-state index contributed by atoms with van der Waals surface area (Å²) in [6.07, 6.45) is 2.81. The fourth-order valence-corrected chi connectivity index (χ4v) is 4.33. The molecule has 4 rings (SSSR count). The first-order valence-electron chi connectivity index (χ1n) is 7.71. The van der Waals surface area contributed by atoms with Crippen molar-refractivity contribution in [3.05, 3.63) is 48.0 Å². The Labute approximate surface area is 139 Å². The number of para-hydroxylation sites is 1. The lowest BCUT2D eigenvalue weighted by Crippen LogP contribution is -2.28. The zero-order valence-electron chi connectivity index (χ0n) is 13.1. The molecule has 1 aliphatic heterocycles. The Bertz CT molecular complexity index is 990. The van der Waals surface area contributed by atoms with Crippen LogP contribution in [0.2, 0.25) is 0 Å². The summed E-state index contributed by atoms with van der Waals surface area (Å²) in [4.78, 5) is 3.10. The van der Waals surface area contributed by atoms with Crippen LogP contribution in [0.4, 0.5) is 5.69 Å². The molecule has 0 spiro atoms. The molecule has 0 saturated heterocycles. The third kappa shape index (κ3) is 2.30. The molecule has 1 aliphatic rings. The summed E-state index contributed by atoms with van der Waals surface area (Å²) in [5.41, 5.74) is 2.28. The van der Waals surface area contributed by atoms with E-state index >= 15 is 0 Å². The van der Waals surface area contributed by atoms with E-state index in [-0.39, 0.29) is 10.8 Å². The van der Waals surface area contributed by atoms with Gasteiger partial charge in [-0.05, 0) is 24.1 Å². The Morgan fingerprint density at radius 2 is 2.12 bits per heavy atom. The molecular formula is C16H16N4O3S. The summed E-state index contributed by atoms with van der Waals surface area (Å²) >= 11 is 0. The first-order chi connectivity index (χ1) is 11.6. The van der Waals surface area contributed by atoms with Gasteiger partial charge in [-0.2, -0.15) is 0 Å². The normalized spacial score (nSPS) is 14.1. The Hall–Kier alpha value is -2.61. The largest absolute Gasteiger partial charge is 0.419 e. The molecule has 7 nitrogen and oxygen atoms in total. The van der Waals surface area contributed by atoms with E-state index in [9.17, 15) is 8.42 Å². The van der Waals surface area contributed by atoms with Gasteiger partial charge in [0.05, 0.1) is 5.69 Å². The van der Waals surface area contributed by atoms with Crippen molar-refractivity contribution in [3.8, 4) is 11.6 Å². The monoisotopic (exact) mass is 344 g/mol. The predicted molar refractivity (Wildman–Crippen MR) is 88.1 cm³/mol. The standard InChI is InChI=1S/C16H16N4O3S/c1-2-15-18-19-16(23-15)13-9-12(10-17-13)24(21,22)20-8-7-11-5-3-4-6-14(11)20/h3-6,9-10,17H,2,7-8H2,1H3. The lowest BCUT2D eigenvalue weighted by atomic mass is 10.2. The molecule has 0 amide bonds. The van der Waals surface area contributed by atoms with Crippen molar-refractivity contribution in [2.45, 2.75) is 24.7 Å². The van der Waals surface area contributed by atoms with Crippen LogP contribution in [-0.2, 0) is 22.9 Å². The Morgan fingerprint density at radius 3 is 2.92 bits per heavy atom. The average Bonchev–Trinajstić information content (AvgIpc) is 3.32. The highest BCUT2D eigenvalue weighted by atomic mass is 32.2. The number of hydrogen-bond acceptors (Lipinski definition) is 5. The quantitative estimate of drug-likeness (QED) is 0.784. The number of benzene rings is 1. The number of aryl methyl sites for hydroxylation is 1. The molecular weight excluding hydrogens is 328 g/mol. The SMILES string of the molecule is CCc1nnc(-c2cc(S(=O)(=O)N3CCc4ccccc43)c[nH]2)o1. The van der Waals surface area contributed by atoms with Crippen LogP contribution >= 0.6 is 0 Å². The summed E-state index contributed by atoms with van der Waals surface area (Å²) in [6.45, 7) is 2.36. The highest BCUT2D eigenvalue weighted by molar-refractivity contribution is 7.92. The number of anilines is 1. The number of aromatic nitrogens is 3. The van der Waals surface area contributed by atoms with E-state index in [4.69, 9.17) is 4.42 Å². The van der Waals surface area contributed by atoms with Gasteiger partial charge in [-0.3, -0.25) is 4.31 Å². The third-order valence-corrected chi connectivity index (χ3v) is 5.88. The molecule has 0 unspecified atom stereocenters. The van der Waals surface area contributed by atoms with Crippen LogP contribution in [0.5, 0.6) is 0 Å². The number of nitrogens with one attached hydrogen (secondary N) is 1. The van der Waals surface area contributed by atoms with E-state index < -0.39 is 10.0 Å². The topological polar surface area (TPSA) is 92.1 Å². The van der Waals surface area contributed by atoms with Crippen LogP contribution in [0.1, 0.15) is 18.4 Å². The van der Waals surface area contributed by atoms with Gasteiger partial charge in [0.15, 0.2) is 0 Å². The molecule has 0 bridgehead atoms. The molecule has 0 fully saturated rings. The Morgan fingerprint density at radius 1 is 1.29 bits per heavy atom. The molecule has 2 aromatic heterocycles. The summed E-state index contributed by atoms with van der Waals surface area (Å²) in [5.74, 6) is 0.799. The second kappa shape index (κ2) is 5.48. The highest BCUT2D eigenvalue weighted by Gasteiger charge is 2.31. The fraction of sp³-hybridized carbons (Fsp3) is 0.250.